The predicted molar refractivity (Wildman–Crippen MR) is 135 cm³/mol. The van der Waals surface area contributed by atoms with Gasteiger partial charge in [-0.25, -0.2) is 14.6 Å². The highest BCUT2D eigenvalue weighted by Gasteiger charge is 2.42. The molecule has 3 rings (SSSR count). The number of carbonyl (C=O) groups is 2. The molecule has 0 fully saturated rings. The lowest BCUT2D eigenvalue weighted by Gasteiger charge is -2.34. The first-order valence-corrected chi connectivity index (χ1v) is 12.5. The van der Waals surface area contributed by atoms with Gasteiger partial charge in [-0.05, 0) is 32.0 Å². The van der Waals surface area contributed by atoms with Crippen molar-refractivity contribution in [3.05, 3.63) is 72.4 Å². The van der Waals surface area contributed by atoms with Crippen molar-refractivity contribution in [2.75, 3.05) is 27.4 Å². The first kappa shape index (κ1) is 27.2. The van der Waals surface area contributed by atoms with Crippen molar-refractivity contribution in [2.45, 2.75) is 32.3 Å². The fraction of sp³-hybridized carbons (Fsp3) is 0.375. The smallest absolute Gasteiger partial charge is 0.336 e. The second-order valence-corrected chi connectivity index (χ2v) is 9.29. The summed E-state index contributed by atoms with van der Waals surface area (Å²) >= 11 is 14.3. The van der Waals surface area contributed by atoms with Crippen molar-refractivity contribution in [1.82, 2.24) is 10.3 Å². The lowest BCUT2D eigenvalue weighted by atomic mass is 9.79. The maximum atomic E-state index is 13.5. The average Bonchev–Trinajstić information content (AvgIpc) is 3.29. The van der Waals surface area contributed by atoms with Crippen molar-refractivity contribution in [3.8, 4) is 0 Å². The van der Waals surface area contributed by atoms with Crippen molar-refractivity contribution in [3.63, 3.8) is 0 Å². The van der Waals surface area contributed by atoms with Gasteiger partial charge in [0.2, 0.25) is 0 Å². The molecule has 1 aromatic carbocycles. The summed E-state index contributed by atoms with van der Waals surface area (Å²) in [5, 5.41) is 6.20. The van der Waals surface area contributed by atoms with E-state index in [2.05, 4.69) is 10.3 Å². The Morgan fingerprint density at radius 3 is 2.60 bits per heavy atom. The maximum absolute atomic E-state index is 13.5. The number of ether oxygens (including phenoxy) is 3. The Kier molecular flexibility index (Phi) is 9.32. The number of hydrogen-bond donors (Lipinski definition) is 2. The second kappa shape index (κ2) is 12.0. The molecule has 0 spiro atoms. The van der Waals surface area contributed by atoms with Gasteiger partial charge < -0.3 is 25.3 Å². The molecule has 188 valence electrons. The minimum absolute atomic E-state index is 0.122. The number of esters is 2. The van der Waals surface area contributed by atoms with Gasteiger partial charge in [0.25, 0.3) is 0 Å². The van der Waals surface area contributed by atoms with Crippen LogP contribution in [0, 0.1) is 0 Å². The standard InChI is InChI=1S/C24H27Cl2N3O5S/c1-5-34-24(31)18-17(14-7-6-8-15(25)19(14)26)16(23(30)33-4)12(2)28-20(18)21(32-3)22-29-13(9-10-27)11-35-22/h6-8,11,17,21,28H,5,9-10,27H2,1-4H3. The Bertz CT molecular complexity index is 1180. The molecule has 11 heteroatoms. The van der Waals surface area contributed by atoms with Crippen molar-refractivity contribution in [2.24, 2.45) is 5.73 Å². The average molecular weight is 540 g/mol. The summed E-state index contributed by atoms with van der Waals surface area (Å²) in [5.74, 6) is -2.18. The van der Waals surface area contributed by atoms with Crippen LogP contribution in [0.1, 0.15) is 42.1 Å². The molecule has 1 aromatic heterocycles. The molecule has 3 N–H and O–H groups in total. The molecule has 2 atom stereocenters. The molecule has 0 bridgehead atoms. The largest absolute Gasteiger partial charge is 0.466 e. The number of nitrogens with zero attached hydrogens (tertiary/aromatic N) is 1. The lowest BCUT2D eigenvalue weighted by Crippen LogP contribution is -2.35. The van der Waals surface area contributed by atoms with E-state index in [4.69, 9.17) is 43.1 Å². The van der Waals surface area contributed by atoms with Crippen LogP contribution in [0.2, 0.25) is 10.0 Å². The topological polar surface area (TPSA) is 113 Å². The summed E-state index contributed by atoms with van der Waals surface area (Å²) in [4.78, 5) is 31.0. The SMILES string of the molecule is CCOC(=O)C1=C(C(OC)c2nc(CCN)cs2)NC(C)=C(C(=O)OC)C1c1cccc(Cl)c1Cl. The maximum Gasteiger partial charge on any atom is 0.336 e. The zero-order valence-corrected chi connectivity index (χ0v) is 22.1. The summed E-state index contributed by atoms with van der Waals surface area (Å²) in [6, 6.07) is 5.04. The molecule has 0 saturated heterocycles. The van der Waals surface area contributed by atoms with Gasteiger partial charge in [0.1, 0.15) is 11.1 Å². The zero-order valence-electron chi connectivity index (χ0n) is 19.8. The molecule has 2 unspecified atom stereocenters. The minimum Gasteiger partial charge on any atom is -0.466 e. The van der Waals surface area contributed by atoms with E-state index >= 15 is 0 Å². The highest BCUT2D eigenvalue weighted by Crippen LogP contribution is 2.46. The molecule has 35 heavy (non-hydrogen) atoms. The number of benzene rings is 1. The number of allylic oxidation sites excluding steroid dienone is 1. The fourth-order valence-corrected chi connectivity index (χ4v) is 5.33. The van der Waals surface area contributed by atoms with Crippen LogP contribution in [0.3, 0.4) is 0 Å². The minimum atomic E-state index is -0.926. The Balaban J connectivity index is 2.32. The molecular formula is C24H27Cl2N3O5S. The fourth-order valence-electron chi connectivity index (χ4n) is 3.98. The Labute approximate surface area is 218 Å². The van der Waals surface area contributed by atoms with Gasteiger partial charge in [-0.15, -0.1) is 11.3 Å². The summed E-state index contributed by atoms with van der Waals surface area (Å²) in [5.41, 5.74) is 8.19. The third kappa shape index (κ3) is 5.54. The van der Waals surface area contributed by atoms with Crippen molar-refractivity contribution < 1.29 is 23.8 Å². The van der Waals surface area contributed by atoms with Crippen LogP contribution in [-0.2, 0) is 30.2 Å². The van der Waals surface area contributed by atoms with E-state index in [0.717, 1.165) is 5.69 Å². The van der Waals surface area contributed by atoms with Gasteiger partial charge in [-0.3, -0.25) is 0 Å². The van der Waals surface area contributed by atoms with E-state index in [1.54, 1.807) is 32.0 Å². The number of aromatic nitrogens is 1. The monoisotopic (exact) mass is 539 g/mol. The van der Waals surface area contributed by atoms with Crippen LogP contribution in [0.4, 0.5) is 0 Å². The summed E-state index contributed by atoms with van der Waals surface area (Å²) in [6.07, 6.45) is -0.142. The normalized spacial score (nSPS) is 16.7. The van der Waals surface area contributed by atoms with Gasteiger partial charge in [0.15, 0.2) is 0 Å². The number of halogens is 2. The molecule has 0 saturated carbocycles. The van der Waals surface area contributed by atoms with E-state index in [1.807, 2.05) is 5.38 Å². The van der Waals surface area contributed by atoms with Crippen LogP contribution in [0.15, 0.2) is 46.1 Å². The van der Waals surface area contributed by atoms with Gasteiger partial charge in [-0.1, -0.05) is 35.3 Å². The lowest BCUT2D eigenvalue weighted by molar-refractivity contribution is -0.139. The van der Waals surface area contributed by atoms with Gasteiger partial charge >= 0.3 is 11.9 Å². The van der Waals surface area contributed by atoms with Crippen molar-refractivity contribution in [1.29, 1.82) is 0 Å². The molecule has 0 radical (unpaired) electrons. The number of dihydropyridines is 1. The van der Waals surface area contributed by atoms with Gasteiger partial charge in [0.05, 0.1) is 52.2 Å². The van der Waals surface area contributed by atoms with E-state index in [9.17, 15) is 9.59 Å². The van der Waals surface area contributed by atoms with E-state index in [0.29, 0.717) is 34.9 Å². The second-order valence-electron chi connectivity index (χ2n) is 7.61. The molecule has 2 aromatic rings. The zero-order chi connectivity index (χ0) is 25.7. The molecule has 1 aliphatic heterocycles. The van der Waals surface area contributed by atoms with Crippen molar-refractivity contribution >= 4 is 46.5 Å². The molecule has 8 nitrogen and oxygen atoms in total. The summed E-state index contributed by atoms with van der Waals surface area (Å²) in [6.45, 7) is 3.99. The molecule has 0 amide bonds. The van der Waals surface area contributed by atoms with Crippen LogP contribution >= 0.6 is 34.5 Å². The Morgan fingerprint density at radius 1 is 1.23 bits per heavy atom. The molecule has 1 aliphatic rings. The number of methoxy groups -OCH3 is 2. The van der Waals surface area contributed by atoms with Crippen LogP contribution in [-0.4, -0.2) is 44.3 Å². The first-order chi connectivity index (χ1) is 16.8. The van der Waals surface area contributed by atoms with E-state index in [-0.39, 0.29) is 27.8 Å². The summed E-state index contributed by atoms with van der Waals surface area (Å²) in [7, 11) is 2.79. The van der Waals surface area contributed by atoms with E-state index < -0.39 is 24.0 Å². The predicted octanol–water partition coefficient (Wildman–Crippen LogP) is 4.29. The third-order valence-electron chi connectivity index (χ3n) is 5.48. The quantitative estimate of drug-likeness (QED) is 0.453. The number of rotatable bonds is 9. The molecule has 0 aliphatic carbocycles. The van der Waals surface area contributed by atoms with Gasteiger partial charge in [0, 0.05) is 24.6 Å². The number of thiazole rings is 1. The number of nitrogens with two attached hydrogens (primary N) is 1. The Hall–Kier alpha value is -2.43. The highest BCUT2D eigenvalue weighted by atomic mass is 35.5. The van der Waals surface area contributed by atoms with Crippen LogP contribution < -0.4 is 11.1 Å². The van der Waals surface area contributed by atoms with E-state index in [1.165, 1.54) is 25.6 Å². The first-order valence-electron chi connectivity index (χ1n) is 10.9. The van der Waals surface area contributed by atoms with Crippen LogP contribution in [0.5, 0.6) is 0 Å². The van der Waals surface area contributed by atoms with Crippen LogP contribution in [0.25, 0.3) is 0 Å². The number of hydrogen-bond acceptors (Lipinski definition) is 9. The third-order valence-corrected chi connectivity index (χ3v) is 7.25. The molecular weight excluding hydrogens is 513 g/mol. The Morgan fingerprint density at radius 2 is 1.97 bits per heavy atom. The van der Waals surface area contributed by atoms with Gasteiger partial charge in [-0.2, -0.15) is 0 Å². The summed E-state index contributed by atoms with van der Waals surface area (Å²) < 4.78 is 16.3. The number of carbonyl (C=O) groups excluding carboxylic acids is 2. The molecule has 2 heterocycles. The highest BCUT2D eigenvalue weighted by molar-refractivity contribution is 7.09. The number of nitrogens with one attached hydrogen (secondary N) is 1.